The zero-order valence-corrected chi connectivity index (χ0v) is 15.1. The van der Waals surface area contributed by atoms with Crippen LogP contribution in [0.4, 0.5) is 43.9 Å². The topological polar surface area (TPSA) is 32.6 Å². The average molecular weight is 439 g/mol. The van der Waals surface area contributed by atoms with Gasteiger partial charge in [-0.3, -0.25) is 4.99 Å². The molecular formula is C17H15F10NO. The first kappa shape index (κ1) is 23.3. The normalized spacial score (nSPS) is 25.3. The molecule has 1 aromatic carbocycles. The third-order valence-corrected chi connectivity index (χ3v) is 4.55. The Balaban J connectivity index is 2.63. The molecule has 164 valence electrons. The molecule has 2 rings (SSSR count). The number of benzene rings is 1. The summed E-state index contributed by atoms with van der Waals surface area (Å²) in [5.41, 5.74) is -1.10. The molecule has 0 unspecified atom stereocenters. The number of para-hydroxylation sites is 1. The van der Waals surface area contributed by atoms with Gasteiger partial charge in [-0.1, -0.05) is 32.9 Å². The minimum atomic E-state index is -7.03. The second-order valence-corrected chi connectivity index (χ2v) is 7.64. The molecule has 0 aliphatic heterocycles. The lowest BCUT2D eigenvalue weighted by atomic mass is 9.79. The molecule has 0 spiro atoms. The summed E-state index contributed by atoms with van der Waals surface area (Å²) in [6.45, 7) is 4.82. The summed E-state index contributed by atoms with van der Waals surface area (Å²) in [6.07, 6.45) is 0.0483. The van der Waals surface area contributed by atoms with Crippen LogP contribution >= 0.6 is 0 Å². The fraction of sp³-hybridized carbons (Fsp3) is 0.588. The van der Waals surface area contributed by atoms with Gasteiger partial charge in [0.2, 0.25) is 0 Å². The predicted octanol–water partition coefficient (Wildman–Crippen LogP) is 5.67. The van der Waals surface area contributed by atoms with E-state index in [2.05, 4.69) is 4.99 Å². The van der Waals surface area contributed by atoms with Crippen LogP contribution in [-0.2, 0) is 5.41 Å². The van der Waals surface area contributed by atoms with Crippen molar-refractivity contribution in [3.05, 3.63) is 29.3 Å². The van der Waals surface area contributed by atoms with E-state index in [-0.39, 0.29) is 11.8 Å². The minimum Gasteiger partial charge on any atom is -0.507 e. The van der Waals surface area contributed by atoms with E-state index >= 15 is 0 Å². The van der Waals surface area contributed by atoms with Gasteiger partial charge in [0.15, 0.2) is 6.04 Å². The molecule has 0 amide bonds. The maximum atomic E-state index is 13.8. The molecule has 0 bridgehead atoms. The van der Waals surface area contributed by atoms with Gasteiger partial charge in [0.05, 0.1) is 0 Å². The largest absolute Gasteiger partial charge is 0.507 e. The smallest absolute Gasteiger partial charge is 0.384 e. The first-order valence-corrected chi connectivity index (χ1v) is 7.99. The van der Waals surface area contributed by atoms with Gasteiger partial charge >= 0.3 is 29.6 Å². The van der Waals surface area contributed by atoms with E-state index in [0.717, 1.165) is 6.07 Å². The summed E-state index contributed by atoms with van der Waals surface area (Å²) in [5, 5.41) is 10.1. The zero-order valence-electron chi connectivity index (χ0n) is 15.1. The van der Waals surface area contributed by atoms with E-state index in [0.29, 0.717) is 0 Å². The van der Waals surface area contributed by atoms with Gasteiger partial charge < -0.3 is 5.11 Å². The van der Waals surface area contributed by atoms with E-state index in [1.54, 1.807) is 20.8 Å². The molecule has 1 N–H and O–H groups in total. The van der Waals surface area contributed by atoms with E-state index in [4.69, 9.17) is 0 Å². The third kappa shape index (κ3) is 2.97. The SMILES string of the molecule is CC(C)(C)c1cccc(C=NC2C(F)(F)C(F)(F)C(F)(F)C(F)(F)C2(F)F)c1O. The highest BCUT2D eigenvalue weighted by Crippen LogP contribution is 2.65. The fourth-order valence-corrected chi connectivity index (χ4v) is 2.80. The first-order chi connectivity index (χ1) is 12.7. The molecule has 0 radical (unpaired) electrons. The Hall–Kier alpha value is -2.01. The van der Waals surface area contributed by atoms with Crippen molar-refractivity contribution in [3.63, 3.8) is 0 Å². The summed E-state index contributed by atoms with van der Waals surface area (Å²) >= 11 is 0. The number of hydrogen-bond donors (Lipinski definition) is 1. The standard InChI is InChI=1S/C17H15F10NO/c1-12(2,3)9-6-4-5-8(10(9)29)7-28-11-13(18,19)15(22,23)17(26,27)16(24,25)14(11,20)21/h4-7,11,29H,1-3H3. The molecule has 0 atom stereocenters. The summed E-state index contributed by atoms with van der Waals surface area (Å²) in [5.74, 6) is -34.0. The lowest BCUT2D eigenvalue weighted by molar-refractivity contribution is -0.448. The van der Waals surface area contributed by atoms with Crippen LogP contribution in [0.15, 0.2) is 23.2 Å². The number of alkyl halides is 10. The Bertz CT molecular complexity index is 796. The van der Waals surface area contributed by atoms with Crippen molar-refractivity contribution >= 4 is 6.21 Å². The van der Waals surface area contributed by atoms with Gasteiger partial charge in [0, 0.05) is 11.8 Å². The molecule has 0 saturated heterocycles. The van der Waals surface area contributed by atoms with Gasteiger partial charge in [0.25, 0.3) is 0 Å². The molecule has 1 saturated carbocycles. The van der Waals surface area contributed by atoms with Crippen LogP contribution in [0, 0.1) is 0 Å². The molecule has 12 heteroatoms. The van der Waals surface area contributed by atoms with Crippen LogP contribution in [0.2, 0.25) is 0 Å². The number of nitrogens with zero attached hydrogens (tertiary/aromatic N) is 1. The van der Waals surface area contributed by atoms with Gasteiger partial charge in [-0.2, -0.15) is 43.9 Å². The van der Waals surface area contributed by atoms with Gasteiger partial charge in [-0.05, 0) is 17.0 Å². The molecule has 29 heavy (non-hydrogen) atoms. The highest BCUT2D eigenvalue weighted by Gasteiger charge is 2.95. The van der Waals surface area contributed by atoms with Crippen molar-refractivity contribution in [2.24, 2.45) is 4.99 Å². The molecule has 0 aromatic heterocycles. The Morgan fingerprint density at radius 3 is 1.69 bits per heavy atom. The lowest BCUT2D eigenvalue weighted by Crippen LogP contribution is -2.79. The molecule has 0 heterocycles. The van der Waals surface area contributed by atoms with Crippen LogP contribution in [0.25, 0.3) is 0 Å². The highest BCUT2D eigenvalue weighted by atomic mass is 19.4. The lowest BCUT2D eigenvalue weighted by Gasteiger charge is -2.48. The number of halogens is 10. The summed E-state index contributed by atoms with van der Waals surface area (Å²) in [6, 6.07) is -0.953. The van der Waals surface area contributed by atoms with E-state index < -0.39 is 52.4 Å². The average Bonchev–Trinajstić information content (AvgIpc) is 2.53. The first-order valence-electron chi connectivity index (χ1n) is 7.99. The molecule has 2 nitrogen and oxygen atoms in total. The Labute approximate surface area is 158 Å². The van der Waals surface area contributed by atoms with Gasteiger partial charge in [0.1, 0.15) is 5.75 Å². The highest BCUT2D eigenvalue weighted by molar-refractivity contribution is 5.84. The summed E-state index contributed by atoms with van der Waals surface area (Å²) in [4.78, 5) is 2.42. The number of hydrogen-bond acceptors (Lipinski definition) is 2. The van der Waals surface area contributed by atoms with Crippen molar-refractivity contribution in [2.75, 3.05) is 0 Å². The Kier molecular flexibility index (Phi) is 5.01. The minimum absolute atomic E-state index is 0.0483. The second-order valence-electron chi connectivity index (χ2n) is 7.64. The fourth-order valence-electron chi connectivity index (χ4n) is 2.80. The number of aromatic hydroxyl groups is 1. The summed E-state index contributed by atoms with van der Waals surface area (Å²) in [7, 11) is 0. The van der Waals surface area contributed by atoms with Crippen LogP contribution in [0.5, 0.6) is 5.75 Å². The van der Waals surface area contributed by atoms with E-state index in [1.807, 2.05) is 0 Å². The van der Waals surface area contributed by atoms with E-state index in [9.17, 15) is 49.0 Å². The quantitative estimate of drug-likeness (QED) is 0.468. The van der Waals surface area contributed by atoms with Crippen molar-refractivity contribution in [1.29, 1.82) is 0 Å². The maximum absolute atomic E-state index is 13.8. The monoisotopic (exact) mass is 439 g/mol. The van der Waals surface area contributed by atoms with Gasteiger partial charge in [-0.25, -0.2) is 0 Å². The maximum Gasteiger partial charge on any atom is 0.384 e. The number of phenols is 1. The molecule has 1 fully saturated rings. The van der Waals surface area contributed by atoms with Crippen molar-refractivity contribution in [2.45, 2.75) is 61.8 Å². The van der Waals surface area contributed by atoms with Crippen LogP contribution in [-0.4, -0.2) is 47.0 Å². The molecule has 1 aromatic rings. The molecule has 1 aliphatic rings. The van der Waals surface area contributed by atoms with Crippen molar-refractivity contribution < 1.29 is 49.0 Å². The van der Waals surface area contributed by atoms with Crippen molar-refractivity contribution in [3.8, 4) is 5.75 Å². The van der Waals surface area contributed by atoms with Gasteiger partial charge in [-0.15, -0.1) is 0 Å². The molecular weight excluding hydrogens is 424 g/mol. The number of rotatable bonds is 2. The van der Waals surface area contributed by atoms with Crippen LogP contribution < -0.4 is 0 Å². The number of phenolic OH excluding ortho intramolecular Hbond substituents is 1. The predicted molar refractivity (Wildman–Crippen MR) is 82.9 cm³/mol. The second kappa shape index (κ2) is 6.24. The number of aliphatic imine (C=N–C) groups is 1. The third-order valence-electron chi connectivity index (χ3n) is 4.55. The zero-order chi connectivity index (χ0) is 22.8. The Morgan fingerprint density at radius 2 is 1.28 bits per heavy atom. The van der Waals surface area contributed by atoms with Crippen LogP contribution in [0.1, 0.15) is 31.9 Å². The van der Waals surface area contributed by atoms with Crippen molar-refractivity contribution in [1.82, 2.24) is 0 Å². The Morgan fingerprint density at radius 1 is 0.828 bits per heavy atom. The van der Waals surface area contributed by atoms with E-state index in [1.165, 1.54) is 12.1 Å². The van der Waals surface area contributed by atoms with Crippen LogP contribution in [0.3, 0.4) is 0 Å². The summed E-state index contributed by atoms with van der Waals surface area (Å²) < 4.78 is 135. The molecule has 1 aliphatic carbocycles.